The van der Waals surface area contributed by atoms with E-state index in [0.717, 1.165) is 36.5 Å². The van der Waals surface area contributed by atoms with Crippen molar-refractivity contribution in [2.75, 3.05) is 13.1 Å². The third kappa shape index (κ3) is 4.00. The van der Waals surface area contributed by atoms with Gasteiger partial charge in [-0.15, -0.1) is 0 Å². The van der Waals surface area contributed by atoms with Crippen LogP contribution >= 0.6 is 0 Å². The molecule has 0 saturated carbocycles. The standard InChI is InChI=1S/C22H19N5O2/c1-3-19(28-20-14-27(15-20)13-16-5-9-23-10-6-16)4-2-17(1)21-25-22(29-26-21)18-7-11-24-12-8-18/h1-12,20H,13-15H2. The molecule has 1 aliphatic rings. The van der Waals surface area contributed by atoms with Crippen LogP contribution in [0.25, 0.3) is 22.8 Å². The molecule has 0 atom stereocenters. The summed E-state index contributed by atoms with van der Waals surface area (Å²) in [5.74, 6) is 1.88. The highest BCUT2D eigenvalue weighted by Gasteiger charge is 2.28. The molecule has 0 unspecified atom stereocenters. The molecule has 7 nitrogen and oxygen atoms in total. The first-order chi connectivity index (χ1) is 14.3. The predicted molar refractivity (Wildman–Crippen MR) is 107 cm³/mol. The molecular formula is C22H19N5O2. The molecule has 7 heteroatoms. The molecule has 4 aromatic rings. The first-order valence-corrected chi connectivity index (χ1v) is 9.46. The highest BCUT2D eigenvalue weighted by atomic mass is 16.5. The molecule has 3 aromatic heterocycles. The summed E-state index contributed by atoms with van der Waals surface area (Å²) in [6, 6.07) is 15.6. The lowest BCUT2D eigenvalue weighted by atomic mass is 10.1. The molecule has 0 N–H and O–H groups in total. The lowest BCUT2D eigenvalue weighted by Crippen LogP contribution is -2.53. The van der Waals surface area contributed by atoms with E-state index in [1.807, 2.05) is 60.9 Å². The summed E-state index contributed by atoms with van der Waals surface area (Å²) in [6.45, 7) is 2.77. The average Bonchev–Trinajstić information content (AvgIpc) is 3.24. The topological polar surface area (TPSA) is 77.2 Å². The Morgan fingerprint density at radius 3 is 2.28 bits per heavy atom. The van der Waals surface area contributed by atoms with Crippen LogP contribution in [-0.2, 0) is 6.54 Å². The quantitative estimate of drug-likeness (QED) is 0.503. The number of hydrogen-bond acceptors (Lipinski definition) is 7. The van der Waals surface area contributed by atoms with E-state index in [-0.39, 0.29) is 6.10 Å². The Balaban J connectivity index is 1.17. The van der Waals surface area contributed by atoms with Crippen molar-refractivity contribution in [1.29, 1.82) is 0 Å². The minimum absolute atomic E-state index is 0.214. The molecule has 1 aromatic carbocycles. The van der Waals surface area contributed by atoms with E-state index < -0.39 is 0 Å². The second kappa shape index (κ2) is 7.81. The van der Waals surface area contributed by atoms with E-state index in [0.29, 0.717) is 11.7 Å². The second-order valence-electron chi connectivity index (χ2n) is 6.97. The number of nitrogens with zero attached hydrogens (tertiary/aromatic N) is 5. The van der Waals surface area contributed by atoms with Gasteiger partial charge in [0.15, 0.2) is 0 Å². The number of aromatic nitrogens is 4. The van der Waals surface area contributed by atoms with Crippen LogP contribution in [0.15, 0.2) is 77.8 Å². The molecule has 1 saturated heterocycles. The molecule has 0 spiro atoms. The van der Waals surface area contributed by atoms with Gasteiger partial charge in [0.2, 0.25) is 5.82 Å². The van der Waals surface area contributed by atoms with Crippen LogP contribution in [0.3, 0.4) is 0 Å². The molecule has 5 rings (SSSR count). The summed E-state index contributed by atoms with van der Waals surface area (Å²) in [5, 5.41) is 4.07. The van der Waals surface area contributed by atoms with Crippen LogP contribution in [0, 0.1) is 0 Å². The molecule has 1 aliphatic heterocycles. The summed E-state index contributed by atoms with van der Waals surface area (Å²) in [6.07, 6.45) is 7.27. The SMILES string of the molecule is c1cc(CN2CC(Oc3ccc(-c4noc(-c5ccncc5)n4)cc3)C2)ccn1. The van der Waals surface area contributed by atoms with Gasteiger partial charge in [-0.05, 0) is 54.1 Å². The van der Waals surface area contributed by atoms with Crippen LogP contribution in [0.2, 0.25) is 0 Å². The van der Waals surface area contributed by atoms with E-state index >= 15 is 0 Å². The zero-order valence-electron chi connectivity index (χ0n) is 15.7. The van der Waals surface area contributed by atoms with Gasteiger partial charge < -0.3 is 9.26 Å². The molecule has 0 amide bonds. The van der Waals surface area contributed by atoms with Crippen LogP contribution in [0.4, 0.5) is 0 Å². The maximum absolute atomic E-state index is 6.06. The molecule has 0 radical (unpaired) electrons. The van der Waals surface area contributed by atoms with Gasteiger partial charge >= 0.3 is 0 Å². The molecular weight excluding hydrogens is 366 g/mol. The number of rotatable bonds is 6. The normalized spacial score (nSPS) is 14.5. The van der Waals surface area contributed by atoms with Crippen molar-refractivity contribution in [3.05, 3.63) is 78.9 Å². The average molecular weight is 385 g/mol. The van der Waals surface area contributed by atoms with Crippen molar-refractivity contribution in [2.24, 2.45) is 0 Å². The summed E-state index contributed by atoms with van der Waals surface area (Å²) in [5.41, 5.74) is 3.00. The Morgan fingerprint density at radius 1 is 0.862 bits per heavy atom. The van der Waals surface area contributed by atoms with Gasteiger partial charge in [0.25, 0.3) is 5.89 Å². The zero-order chi connectivity index (χ0) is 19.5. The molecule has 0 bridgehead atoms. The number of pyridine rings is 2. The fourth-order valence-electron chi connectivity index (χ4n) is 3.30. The van der Waals surface area contributed by atoms with Gasteiger partial charge in [0.1, 0.15) is 11.9 Å². The van der Waals surface area contributed by atoms with Crippen LogP contribution in [0.1, 0.15) is 5.56 Å². The van der Waals surface area contributed by atoms with Crippen LogP contribution in [0.5, 0.6) is 5.75 Å². The first-order valence-electron chi connectivity index (χ1n) is 9.46. The van der Waals surface area contributed by atoms with Crippen molar-refractivity contribution in [1.82, 2.24) is 25.0 Å². The smallest absolute Gasteiger partial charge is 0.258 e. The molecule has 4 heterocycles. The maximum atomic E-state index is 6.06. The van der Waals surface area contributed by atoms with E-state index in [4.69, 9.17) is 9.26 Å². The Morgan fingerprint density at radius 2 is 1.55 bits per heavy atom. The maximum Gasteiger partial charge on any atom is 0.258 e. The first kappa shape index (κ1) is 17.5. The Hall–Kier alpha value is -3.58. The van der Waals surface area contributed by atoms with Crippen molar-refractivity contribution in [2.45, 2.75) is 12.6 Å². The number of ether oxygens (including phenoxy) is 1. The van der Waals surface area contributed by atoms with Gasteiger partial charge in [-0.25, -0.2) is 0 Å². The molecule has 1 fully saturated rings. The van der Waals surface area contributed by atoms with Gasteiger partial charge in [0.05, 0.1) is 0 Å². The van der Waals surface area contributed by atoms with E-state index in [1.165, 1.54) is 5.56 Å². The van der Waals surface area contributed by atoms with Crippen molar-refractivity contribution < 1.29 is 9.26 Å². The second-order valence-corrected chi connectivity index (χ2v) is 6.97. The Bertz CT molecular complexity index is 1060. The van der Waals surface area contributed by atoms with Gasteiger partial charge in [-0.2, -0.15) is 4.98 Å². The lowest BCUT2D eigenvalue weighted by Gasteiger charge is -2.39. The summed E-state index contributed by atoms with van der Waals surface area (Å²) in [4.78, 5) is 14.9. The van der Waals surface area contributed by atoms with Gasteiger partial charge in [-0.3, -0.25) is 14.9 Å². The van der Waals surface area contributed by atoms with E-state index in [1.54, 1.807) is 12.4 Å². The fourth-order valence-corrected chi connectivity index (χ4v) is 3.30. The Kier molecular flexibility index (Phi) is 4.72. The fraction of sp³-hybridized carbons (Fsp3) is 0.182. The van der Waals surface area contributed by atoms with E-state index in [9.17, 15) is 0 Å². The highest BCUT2D eigenvalue weighted by molar-refractivity contribution is 5.60. The van der Waals surface area contributed by atoms with Crippen molar-refractivity contribution in [3.63, 3.8) is 0 Å². The predicted octanol–water partition coefficient (Wildman–Crippen LogP) is 3.46. The minimum Gasteiger partial charge on any atom is -0.488 e. The van der Waals surface area contributed by atoms with Crippen LogP contribution in [-0.4, -0.2) is 44.2 Å². The molecule has 144 valence electrons. The molecule has 29 heavy (non-hydrogen) atoms. The summed E-state index contributed by atoms with van der Waals surface area (Å²) >= 11 is 0. The highest BCUT2D eigenvalue weighted by Crippen LogP contribution is 2.25. The van der Waals surface area contributed by atoms with Gasteiger partial charge in [-0.1, -0.05) is 5.16 Å². The number of likely N-dealkylation sites (tertiary alicyclic amines) is 1. The number of hydrogen-bond donors (Lipinski definition) is 0. The van der Waals surface area contributed by atoms with E-state index in [2.05, 4.69) is 25.0 Å². The third-order valence-corrected chi connectivity index (χ3v) is 4.85. The van der Waals surface area contributed by atoms with Crippen molar-refractivity contribution >= 4 is 0 Å². The number of benzene rings is 1. The monoisotopic (exact) mass is 385 g/mol. The molecule has 0 aliphatic carbocycles. The van der Waals surface area contributed by atoms with Crippen molar-refractivity contribution in [3.8, 4) is 28.6 Å². The summed E-state index contributed by atoms with van der Waals surface area (Å²) in [7, 11) is 0. The largest absolute Gasteiger partial charge is 0.488 e. The van der Waals surface area contributed by atoms with Gasteiger partial charge in [0, 0.05) is 55.5 Å². The third-order valence-electron chi connectivity index (χ3n) is 4.85. The van der Waals surface area contributed by atoms with Crippen LogP contribution < -0.4 is 4.74 Å². The lowest BCUT2D eigenvalue weighted by molar-refractivity contribution is 0.0146. The minimum atomic E-state index is 0.214. The zero-order valence-corrected chi connectivity index (χ0v) is 15.7. The Labute approximate surface area is 168 Å². The summed E-state index contributed by atoms with van der Waals surface area (Å²) < 4.78 is 11.4.